The van der Waals surface area contributed by atoms with Gasteiger partial charge in [-0.1, -0.05) is 0 Å². The Morgan fingerprint density at radius 3 is 2.90 bits per heavy atom. The summed E-state index contributed by atoms with van der Waals surface area (Å²) in [6, 6.07) is 3.83. The fourth-order valence-corrected chi connectivity index (χ4v) is 1.77. The Balaban J connectivity index is 2.48. The molecule has 0 N–H and O–H groups in total. The molecule has 0 bridgehead atoms. The van der Waals surface area contributed by atoms with Gasteiger partial charge in [0.2, 0.25) is 0 Å². The quantitative estimate of drug-likeness (QED) is 0.583. The van der Waals surface area contributed by atoms with Gasteiger partial charge in [0.1, 0.15) is 6.61 Å². The molecule has 0 spiro atoms. The summed E-state index contributed by atoms with van der Waals surface area (Å²) in [5, 5.41) is 10.8. The molecule has 0 aliphatic carbocycles. The lowest BCUT2D eigenvalue weighted by atomic mass is 10.2. The first kappa shape index (κ1) is 13.8. The zero-order chi connectivity index (χ0) is 14.7. The number of nitrogens with zero attached hydrogens (tertiary/aromatic N) is 3. The van der Waals surface area contributed by atoms with E-state index in [2.05, 4.69) is 9.72 Å². The molecule has 2 aromatic rings. The number of Topliss-reactive ketones (excluding diaryl/α,β-unsaturated/α-hetero) is 1. The molecular formula is C12H11N3O5. The van der Waals surface area contributed by atoms with Crippen molar-refractivity contribution in [1.82, 2.24) is 9.55 Å². The van der Waals surface area contributed by atoms with Gasteiger partial charge in [-0.2, -0.15) is 0 Å². The Hall–Kier alpha value is -2.61. The number of nitro benzene ring substituents is 1. The summed E-state index contributed by atoms with van der Waals surface area (Å²) < 4.78 is 5.78. The molecule has 8 heteroatoms. The minimum Gasteiger partial charge on any atom is -0.377 e. The van der Waals surface area contributed by atoms with E-state index >= 15 is 0 Å². The first-order valence-electron chi connectivity index (χ1n) is 5.67. The number of hydrogen-bond donors (Lipinski definition) is 0. The molecule has 1 aromatic carbocycles. The molecule has 0 atom stereocenters. The van der Waals surface area contributed by atoms with E-state index in [9.17, 15) is 19.7 Å². The topological polar surface area (TPSA) is 104 Å². The fourth-order valence-electron chi connectivity index (χ4n) is 1.77. The molecule has 0 radical (unpaired) electrons. The van der Waals surface area contributed by atoms with E-state index in [0.717, 1.165) is 10.6 Å². The van der Waals surface area contributed by atoms with Crippen molar-refractivity contribution in [3.05, 3.63) is 45.0 Å². The van der Waals surface area contributed by atoms with E-state index < -0.39 is 10.5 Å². The van der Waals surface area contributed by atoms with E-state index in [1.165, 1.54) is 25.6 Å². The van der Waals surface area contributed by atoms with Crippen molar-refractivity contribution in [3.8, 4) is 0 Å². The van der Waals surface area contributed by atoms with Gasteiger partial charge in [0.15, 0.2) is 5.78 Å². The maximum Gasteiger partial charge on any atom is 0.270 e. The monoisotopic (exact) mass is 277 g/mol. The molecule has 1 heterocycles. The van der Waals surface area contributed by atoms with Crippen LogP contribution in [0.5, 0.6) is 0 Å². The first-order chi connectivity index (χ1) is 9.52. The third kappa shape index (κ3) is 2.69. The predicted octanol–water partition coefficient (Wildman–Crippen LogP) is 0.520. The van der Waals surface area contributed by atoms with Gasteiger partial charge < -0.3 is 4.74 Å². The van der Waals surface area contributed by atoms with E-state index in [1.807, 2.05) is 0 Å². The van der Waals surface area contributed by atoms with Crippen molar-refractivity contribution in [2.75, 3.05) is 13.7 Å². The second-order valence-electron chi connectivity index (χ2n) is 4.11. The number of methoxy groups -OCH3 is 1. The van der Waals surface area contributed by atoms with Crippen LogP contribution in [0.25, 0.3) is 10.9 Å². The van der Waals surface area contributed by atoms with Crippen molar-refractivity contribution in [3.63, 3.8) is 0 Å². The average molecular weight is 277 g/mol. The Kier molecular flexibility index (Phi) is 3.85. The molecule has 20 heavy (non-hydrogen) atoms. The second-order valence-corrected chi connectivity index (χ2v) is 4.11. The Labute approximate surface area is 112 Å². The Morgan fingerprint density at radius 1 is 1.50 bits per heavy atom. The van der Waals surface area contributed by atoms with Crippen molar-refractivity contribution in [2.45, 2.75) is 6.54 Å². The highest BCUT2D eigenvalue weighted by molar-refractivity contribution is 5.81. The summed E-state index contributed by atoms with van der Waals surface area (Å²) in [6.07, 6.45) is 1.24. The van der Waals surface area contributed by atoms with Crippen molar-refractivity contribution in [1.29, 1.82) is 0 Å². The van der Waals surface area contributed by atoms with Gasteiger partial charge in [-0.25, -0.2) is 4.98 Å². The van der Waals surface area contributed by atoms with Gasteiger partial charge in [0.05, 0.1) is 28.7 Å². The van der Waals surface area contributed by atoms with Crippen LogP contribution in [0.15, 0.2) is 29.3 Å². The van der Waals surface area contributed by atoms with Crippen LogP contribution in [0.2, 0.25) is 0 Å². The van der Waals surface area contributed by atoms with Crippen molar-refractivity contribution in [2.24, 2.45) is 0 Å². The highest BCUT2D eigenvalue weighted by Crippen LogP contribution is 2.16. The number of benzene rings is 1. The molecule has 2 rings (SSSR count). The smallest absolute Gasteiger partial charge is 0.270 e. The van der Waals surface area contributed by atoms with Crippen LogP contribution in [-0.4, -0.2) is 34.0 Å². The van der Waals surface area contributed by atoms with Gasteiger partial charge in [-0.05, 0) is 6.07 Å². The van der Waals surface area contributed by atoms with E-state index in [0.29, 0.717) is 5.52 Å². The number of carbonyl (C=O) groups is 1. The Morgan fingerprint density at radius 2 is 2.25 bits per heavy atom. The third-order valence-corrected chi connectivity index (χ3v) is 2.67. The maximum absolute atomic E-state index is 12.2. The summed E-state index contributed by atoms with van der Waals surface area (Å²) in [4.78, 5) is 37.7. The molecule has 104 valence electrons. The number of aromatic nitrogens is 2. The molecule has 0 saturated carbocycles. The van der Waals surface area contributed by atoms with Crippen LogP contribution in [0.4, 0.5) is 5.69 Å². The third-order valence-electron chi connectivity index (χ3n) is 2.67. The molecule has 0 aliphatic heterocycles. The SMILES string of the molecule is COCC(=O)Cn1cnc2ccc([N+](=O)[O-])cc2c1=O. The van der Waals surface area contributed by atoms with Gasteiger partial charge in [0, 0.05) is 19.2 Å². The zero-order valence-corrected chi connectivity index (χ0v) is 10.6. The standard InChI is InChI=1S/C12H11N3O5/c1-20-6-9(16)5-14-7-13-11-3-2-8(15(18)19)4-10(11)12(14)17/h2-4,7H,5-6H2,1H3. The molecule has 0 aliphatic rings. The number of carbonyl (C=O) groups excluding carboxylic acids is 1. The lowest BCUT2D eigenvalue weighted by molar-refractivity contribution is -0.384. The summed E-state index contributed by atoms with van der Waals surface area (Å²) in [5.41, 5.74) is -0.350. The summed E-state index contributed by atoms with van der Waals surface area (Å²) in [7, 11) is 1.38. The summed E-state index contributed by atoms with van der Waals surface area (Å²) in [5.74, 6) is -0.291. The Bertz CT molecular complexity index is 737. The van der Waals surface area contributed by atoms with Gasteiger partial charge in [-0.15, -0.1) is 0 Å². The predicted molar refractivity (Wildman–Crippen MR) is 69.5 cm³/mol. The largest absolute Gasteiger partial charge is 0.377 e. The zero-order valence-electron chi connectivity index (χ0n) is 10.6. The molecule has 0 amide bonds. The van der Waals surface area contributed by atoms with E-state index in [1.54, 1.807) is 0 Å². The van der Waals surface area contributed by atoms with E-state index in [-0.39, 0.29) is 30.0 Å². The number of rotatable bonds is 5. The maximum atomic E-state index is 12.2. The van der Waals surface area contributed by atoms with Gasteiger partial charge in [-0.3, -0.25) is 24.3 Å². The first-order valence-corrected chi connectivity index (χ1v) is 5.67. The number of nitro groups is 1. The van der Waals surface area contributed by atoms with Crippen LogP contribution in [0, 0.1) is 10.1 Å². The van der Waals surface area contributed by atoms with Crippen LogP contribution in [-0.2, 0) is 16.1 Å². The normalized spacial score (nSPS) is 10.7. The highest BCUT2D eigenvalue weighted by atomic mass is 16.6. The molecular weight excluding hydrogens is 266 g/mol. The number of ether oxygens (including phenoxy) is 1. The fraction of sp³-hybridized carbons (Fsp3) is 0.250. The molecule has 8 nitrogen and oxygen atoms in total. The molecule has 0 fully saturated rings. The molecule has 0 unspecified atom stereocenters. The lowest BCUT2D eigenvalue weighted by Crippen LogP contribution is -2.26. The van der Waals surface area contributed by atoms with Crippen LogP contribution in [0.1, 0.15) is 0 Å². The minimum absolute atomic E-state index is 0.104. The summed E-state index contributed by atoms with van der Waals surface area (Å²) in [6.45, 7) is -0.294. The number of hydrogen-bond acceptors (Lipinski definition) is 6. The van der Waals surface area contributed by atoms with Gasteiger partial charge >= 0.3 is 0 Å². The van der Waals surface area contributed by atoms with Crippen LogP contribution < -0.4 is 5.56 Å². The van der Waals surface area contributed by atoms with Crippen LogP contribution >= 0.6 is 0 Å². The van der Waals surface area contributed by atoms with Crippen LogP contribution in [0.3, 0.4) is 0 Å². The van der Waals surface area contributed by atoms with Gasteiger partial charge in [0.25, 0.3) is 11.2 Å². The molecule has 0 saturated heterocycles. The number of ketones is 1. The van der Waals surface area contributed by atoms with Crippen molar-refractivity contribution < 1.29 is 14.5 Å². The number of fused-ring (bicyclic) bond motifs is 1. The second kappa shape index (κ2) is 5.57. The van der Waals surface area contributed by atoms with E-state index in [4.69, 9.17) is 0 Å². The molecule has 1 aromatic heterocycles. The lowest BCUT2D eigenvalue weighted by Gasteiger charge is -2.05. The summed E-state index contributed by atoms with van der Waals surface area (Å²) >= 11 is 0. The minimum atomic E-state index is -0.591. The highest BCUT2D eigenvalue weighted by Gasteiger charge is 2.12. The number of non-ortho nitro benzene ring substituents is 1. The van der Waals surface area contributed by atoms with Crippen molar-refractivity contribution >= 4 is 22.4 Å². The average Bonchev–Trinajstić information content (AvgIpc) is 2.42.